The number of rotatable bonds is 5. The summed E-state index contributed by atoms with van der Waals surface area (Å²) in [6, 6.07) is 9.60. The van der Waals surface area contributed by atoms with Gasteiger partial charge in [0.15, 0.2) is 0 Å². The first-order chi connectivity index (χ1) is 14.3. The number of amides is 1. The van der Waals surface area contributed by atoms with E-state index >= 15 is 0 Å². The van der Waals surface area contributed by atoms with Crippen LogP contribution in [0.5, 0.6) is 5.75 Å². The van der Waals surface area contributed by atoms with Crippen LogP contribution in [0.1, 0.15) is 37.1 Å². The molecule has 30 heavy (non-hydrogen) atoms. The van der Waals surface area contributed by atoms with Crippen molar-refractivity contribution in [3.8, 4) is 22.9 Å². The third-order valence-electron chi connectivity index (χ3n) is 5.73. The Morgan fingerprint density at radius 1 is 1.13 bits per heavy atom. The zero-order valence-electron chi connectivity index (χ0n) is 17.4. The van der Waals surface area contributed by atoms with Crippen LogP contribution in [0.3, 0.4) is 0 Å². The Hall–Kier alpha value is -3.11. The molecule has 0 radical (unpaired) electrons. The summed E-state index contributed by atoms with van der Waals surface area (Å²) in [5.74, 6) is -2.03. The molecule has 0 fully saturated rings. The molecule has 1 aromatic heterocycles. The average Bonchev–Trinajstić information content (AvgIpc) is 3.04. The zero-order valence-corrected chi connectivity index (χ0v) is 18.2. The number of nitriles is 1. The van der Waals surface area contributed by atoms with E-state index in [0.717, 1.165) is 32.9 Å². The molecular weight excluding hydrogens is 400 g/mol. The first-order valence-corrected chi connectivity index (χ1v) is 10.4. The van der Waals surface area contributed by atoms with Gasteiger partial charge in [-0.1, -0.05) is 23.3 Å². The molecule has 1 aliphatic carbocycles. The van der Waals surface area contributed by atoms with E-state index < -0.39 is 17.8 Å². The van der Waals surface area contributed by atoms with E-state index in [1.54, 1.807) is 7.11 Å². The number of hydrogen-bond donors (Lipinski definition) is 2. The fourth-order valence-electron chi connectivity index (χ4n) is 3.88. The van der Waals surface area contributed by atoms with Crippen LogP contribution in [0.4, 0.5) is 5.00 Å². The fourth-order valence-corrected chi connectivity index (χ4v) is 4.91. The van der Waals surface area contributed by atoms with Crippen LogP contribution in [-0.4, -0.2) is 24.1 Å². The second-order valence-electron chi connectivity index (χ2n) is 7.59. The quantitative estimate of drug-likeness (QED) is 0.659. The van der Waals surface area contributed by atoms with Crippen LogP contribution < -0.4 is 10.1 Å². The van der Waals surface area contributed by atoms with Crippen molar-refractivity contribution in [2.75, 3.05) is 12.4 Å². The van der Waals surface area contributed by atoms with E-state index in [2.05, 4.69) is 11.4 Å². The highest BCUT2D eigenvalue weighted by Gasteiger charge is 2.37. The van der Waals surface area contributed by atoms with Gasteiger partial charge in [0.05, 0.1) is 24.5 Å². The highest BCUT2D eigenvalue weighted by atomic mass is 32.1. The molecule has 6 nitrogen and oxygen atoms in total. The number of aryl methyl sites for hydroxylation is 1. The third-order valence-corrected chi connectivity index (χ3v) is 6.75. The molecule has 1 aromatic carbocycles. The Kier molecular flexibility index (Phi) is 6.28. The Morgan fingerprint density at radius 3 is 2.27 bits per heavy atom. The Labute approximate surface area is 179 Å². The lowest BCUT2D eigenvalue weighted by molar-refractivity contribution is -0.146. The van der Waals surface area contributed by atoms with Crippen molar-refractivity contribution in [1.82, 2.24) is 0 Å². The second-order valence-corrected chi connectivity index (χ2v) is 8.81. The van der Waals surface area contributed by atoms with Gasteiger partial charge < -0.3 is 15.2 Å². The van der Waals surface area contributed by atoms with Gasteiger partial charge in [-0.15, -0.1) is 11.3 Å². The van der Waals surface area contributed by atoms with E-state index in [1.165, 1.54) is 11.3 Å². The molecule has 1 aliphatic rings. The number of ether oxygens (including phenoxy) is 1. The molecule has 0 saturated heterocycles. The average molecular weight is 425 g/mol. The number of nitrogens with one attached hydrogen (secondary N) is 1. The lowest BCUT2D eigenvalue weighted by atomic mass is 9.76. The minimum Gasteiger partial charge on any atom is -0.497 e. The number of methoxy groups -OCH3 is 1. The molecule has 0 aliphatic heterocycles. The smallest absolute Gasteiger partial charge is 0.307 e. The summed E-state index contributed by atoms with van der Waals surface area (Å²) in [5.41, 5.74) is 4.09. The summed E-state index contributed by atoms with van der Waals surface area (Å²) in [5, 5.41) is 22.7. The monoisotopic (exact) mass is 424 g/mol. The third kappa shape index (κ3) is 4.10. The van der Waals surface area contributed by atoms with Crippen molar-refractivity contribution < 1.29 is 19.4 Å². The van der Waals surface area contributed by atoms with Crippen LogP contribution >= 0.6 is 11.3 Å². The summed E-state index contributed by atoms with van der Waals surface area (Å²) in [4.78, 5) is 25.7. The van der Waals surface area contributed by atoms with E-state index in [4.69, 9.17) is 4.74 Å². The number of benzene rings is 1. The molecule has 0 bridgehead atoms. The Morgan fingerprint density at radius 2 is 1.73 bits per heavy atom. The molecule has 0 unspecified atom stereocenters. The molecule has 156 valence electrons. The van der Waals surface area contributed by atoms with Gasteiger partial charge in [-0.25, -0.2) is 0 Å². The van der Waals surface area contributed by atoms with Crippen molar-refractivity contribution in [3.05, 3.63) is 45.9 Å². The van der Waals surface area contributed by atoms with Crippen LogP contribution in [0, 0.1) is 30.1 Å². The summed E-state index contributed by atoms with van der Waals surface area (Å²) >= 11 is 1.33. The minimum absolute atomic E-state index is 0.353. The molecule has 0 spiro atoms. The number of carbonyl (C=O) groups is 2. The van der Waals surface area contributed by atoms with Gasteiger partial charge in [0.25, 0.3) is 0 Å². The molecule has 2 aromatic rings. The number of nitrogens with zero attached hydrogens (tertiary/aromatic N) is 1. The van der Waals surface area contributed by atoms with Crippen molar-refractivity contribution >= 4 is 28.2 Å². The SMILES string of the molecule is COc1ccc(-c2c(C)sc(NC(=O)[C@@H]3CC(C)=C(C)C[C@H]3C(=O)O)c2C#N)cc1. The number of thiophene rings is 1. The number of carboxylic acid groups (broad SMARTS) is 1. The maximum atomic E-state index is 13.0. The van der Waals surface area contributed by atoms with Gasteiger partial charge in [0.1, 0.15) is 16.8 Å². The first kappa shape index (κ1) is 21.6. The number of carbonyl (C=O) groups excluding carboxylic acids is 1. The maximum Gasteiger partial charge on any atom is 0.307 e. The molecule has 0 saturated carbocycles. The molecule has 1 amide bonds. The molecule has 2 atom stereocenters. The second kappa shape index (κ2) is 8.72. The minimum atomic E-state index is -0.969. The normalized spacial score (nSPS) is 18.6. The van der Waals surface area contributed by atoms with Crippen molar-refractivity contribution in [1.29, 1.82) is 5.26 Å². The van der Waals surface area contributed by atoms with Gasteiger partial charge in [-0.05, 0) is 51.3 Å². The van der Waals surface area contributed by atoms with Crippen molar-refractivity contribution in [2.24, 2.45) is 11.8 Å². The number of aliphatic carboxylic acids is 1. The molecular formula is C23H24N2O4S. The summed E-state index contributed by atoms with van der Waals surface area (Å²) in [6.45, 7) is 5.75. The van der Waals surface area contributed by atoms with Crippen molar-refractivity contribution in [3.63, 3.8) is 0 Å². The van der Waals surface area contributed by atoms with Gasteiger partial charge in [-0.3, -0.25) is 9.59 Å². The van der Waals surface area contributed by atoms with Crippen LogP contribution in [-0.2, 0) is 9.59 Å². The van der Waals surface area contributed by atoms with Gasteiger partial charge in [0.2, 0.25) is 5.91 Å². The van der Waals surface area contributed by atoms with E-state index in [0.29, 0.717) is 23.4 Å². The molecule has 3 rings (SSSR count). The molecule has 2 N–H and O–H groups in total. The zero-order chi connectivity index (χ0) is 22.0. The van der Waals surface area contributed by atoms with Gasteiger partial charge >= 0.3 is 5.97 Å². The highest BCUT2D eigenvalue weighted by Crippen LogP contribution is 2.41. The van der Waals surface area contributed by atoms with Gasteiger partial charge in [0, 0.05) is 10.4 Å². The van der Waals surface area contributed by atoms with E-state index in [-0.39, 0.29) is 5.91 Å². The standard InChI is InChI=1S/C23H24N2O4S/c1-12-9-17(18(23(27)28)10-13(12)2)21(26)25-22-19(11-24)20(14(3)30-22)15-5-7-16(29-4)8-6-15/h5-8,17-18H,9-10H2,1-4H3,(H,25,26)(H,27,28)/t17-,18-/m1/s1. The predicted molar refractivity (Wildman–Crippen MR) is 117 cm³/mol. The molecule has 7 heteroatoms. The number of hydrogen-bond acceptors (Lipinski definition) is 5. The van der Waals surface area contributed by atoms with Crippen LogP contribution in [0.15, 0.2) is 35.4 Å². The van der Waals surface area contributed by atoms with Crippen LogP contribution in [0.25, 0.3) is 11.1 Å². The molecule has 1 heterocycles. The Bertz CT molecular complexity index is 1060. The van der Waals surface area contributed by atoms with Crippen LogP contribution in [0.2, 0.25) is 0 Å². The summed E-state index contributed by atoms with van der Waals surface area (Å²) in [6.07, 6.45) is 0.775. The number of anilines is 1. The van der Waals surface area contributed by atoms with Crippen molar-refractivity contribution in [2.45, 2.75) is 33.6 Å². The lowest BCUT2D eigenvalue weighted by Gasteiger charge is -2.29. The summed E-state index contributed by atoms with van der Waals surface area (Å²) in [7, 11) is 1.59. The topological polar surface area (TPSA) is 99.4 Å². The van der Waals surface area contributed by atoms with E-state index in [9.17, 15) is 20.0 Å². The maximum absolute atomic E-state index is 13.0. The lowest BCUT2D eigenvalue weighted by Crippen LogP contribution is -2.36. The van der Waals surface area contributed by atoms with Gasteiger partial charge in [-0.2, -0.15) is 5.26 Å². The van der Waals surface area contributed by atoms with E-state index in [1.807, 2.05) is 45.0 Å². The number of carboxylic acids is 1. The first-order valence-electron chi connectivity index (χ1n) is 9.63. The highest BCUT2D eigenvalue weighted by molar-refractivity contribution is 7.17. The Balaban J connectivity index is 1.92. The largest absolute Gasteiger partial charge is 0.497 e. The summed E-state index contributed by atoms with van der Waals surface area (Å²) < 4.78 is 5.19. The fraction of sp³-hybridized carbons (Fsp3) is 0.348. The number of allylic oxidation sites excluding steroid dienone is 2. The predicted octanol–water partition coefficient (Wildman–Crippen LogP) is 4.99.